The van der Waals surface area contributed by atoms with Crippen molar-refractivity contribution in [2.45, 2.75) is 9.79 Å². The zero-order chi connectivity index (χ0) is 32.0. The lowest BCUT2D eigenvalue weighted by atomic mass is 9.99. The van der Waals surface area contributed by atoms with E-state index in [0.717, 1.165) is 26.2 Å². The Morgan fingerprint density at radius 3 is 2.11 bits per heavy atom. The molecule has 9 nitrogen and oxygen atoms in total. The Balaban J connectivity index is 0.000000238. The number of carbonyl (C=O) groups is 1. The summed E-state index contributed by atoms with van der Waals surface area (Å²) in [5.41, 5.74) is 2.36. The number of hydrogen-bond donors (Lipinski definition) is 0. The second kappa shape index (κ2) is 14.1. The Morgan fingerprint density at radius 1 is 0.848 bits per heavy atom. The monoisotopic (exact) mass is 650 g/mol. The van der Waals surface area contributed by atoms with Crippen molar-refractivity contribution >= 4 is 52.2 Å². The van der Waals surface area contributed by atoms with E-state index in [1.165, 1.54) is 26.8 Å². The number of amides is 1. The number of non-ortho nitro benzene ring substituents is 1. The number of nitro benzene ring substituents is 1. The highest BCUT2D eigenvalue weighted by atomic mass is 35.5. The average Bonchev–Trinajstić information content (AvgIpc) is 3.28. The molecule has 0 saturated carbocycles. The molecule has 0 N–H and O–H groups in total. The first kappa shape index (κ1) is 31.2. The molecular formula is C35H31ClN6O3S. The van der Waals surface area contributed by atoms with Crippen molar-refractivity contribution in [3.63, 3.8) is 0 Å². The maximum absolute atomic E-state index is 13.4. The van der Waals surface area contributed by atoms with E-state index in [1.54, 1.807) is 36.2 Å². The number of aliphatic imine (C=N–C) groups is 2. The summed E-state index contributed by atoms with van der Waals surface area (Å²) in [4.78, 5) is 42.2. The number of benzene rings is 4. The third-order valence-electron chi connectivity index (χ3n) is 7.69. The van der Waals surface area contributed by atoms with Crippen LogP contribution in [0, 0.1) is 10.1 Å². The molecule has 1 fully saturated rings. The largest absolute Gasteiger partial charge is 0.373 e. The van der Waals surface area contributed by atoms with Crippen LogP contribution in [-0.4, -0.2) is 71.9 Å². The van der Waals surface area contributed by atoms with Crippen molar-refractivity contribution in [2.75, 3.05) is 44.7 Å². The van der Waals surface area contributed by atoms with Crippen LogP contribution in [0.5, 0.6) is 0 Å². The molecule has 3 aliphatic heterocycles. The van der Waals surface area contributed by atoms with Crippen LogP contribution in [0.1, 0.15) is 11.1 Å². The van der Waals surface area contributed by atoms with Crippen LogP contribution in [0.25, 0.3) is 0 Å². The van der Waals surface area contributed by atoms with E-state index in [2.05, 4.69) is 70.4 Å². The molecule has 4 aromatic carbocycles. The van der Waals surface area contributed by atoms with Crippen molar-refractivity contribution in [2.24, 2.45) is 9.98 Å². The number of carbonyl (C=O) groups excluding carboxylic acids is 1. The van der Waals surface area contributed by atoms with Crippen molar-refractivity contribution in [3.8, 4) is 0 Å². The molecule has 7 rings (SSSR count). The van der Waals surface area contributed by atoms with Gasteiger partial charge in [0.25, 0.3) is 11.6 Å². The summed E-state index contributed by atoms with van der Waals surface area (Å²) in [6.07, 6.45) is 1.81. The molecule has 3 heterocycles. The number of nitrogens with zero attached hydrogens (tertiary/aromatic N) is 6. The van der Waals surface area contributed by atoms with Crippen molar-refractivity contribution < 1.29 is 9.72 Å². The first-order valence-corrected chi connectivity index (χ1v) is 16.0. The van der Waals surface area contributed by atoms with Crippen molar-refractivity contribution in [3.05, 3.63) is 141 Å². The lowest BCUT2D eigenvalue weighted by Gasteiger charge is -2.31. The fraction of sp³-hybridized carbons (Fsp3) is 0.171. The van der Waals surface area contributed by atoms with Gasteiger partial charge in [0, 0.05) is 70.5 Å². The molecule has 1 amide bonds. The Morgan fingerprint density at radius 2 is 1.48 bits per heavy atom. The minimum atomic E-state index is -0.463. The molecule has 3 aliphatic rings. The summed E-state index contributed by atoms with van der Waals surface area (Å²) >= 11 is 8.21. The third kappa shape index (κ3) is 7.04. The summed E-state index contributed by atoms with van der Waals surface area (Å²) in [6, 6.07) is 32.4. The van der Waals surface area contributed by atoms with Crippen LogP contribution in [-0.2, 0) is 4.79 Å². The molecule has 4 aromatic rings. The van der Waals surface area contributed by atoms with E-state index >= 15 is 0 Å². The van der Waals surface area contributed by atoms with Crippen LogP contribution in [0.2, 0.25) is 5.02 Å². The van der Waals surface area contributed by atoms with Gasteiger partial charge in [0.15, 0.2) is 0 Å². The lowest BCUT2D eigenvalue weighted by Crippen LogP contribution is -2.42. The SMILES string of the molecule is CN1CCN(/C=C2\N=C3CN=C(c4ccccc4Cl)c4cc([N+](=O)[O-])ccc4N3C2=O)CC1.c1ccc(Sc2ccccc2)cc1. The predicted octanol–water partition coefficient (Wildman–Crippen LogP) is 6.77. The quantitative estimate of drug-likeness (QED) is 0.134. The fourth-order valence-electron chi connectivity index (χ4n) is 5.29. The Bertz CT molecular complexity index is 1800. The van der Waals surface area contributed by atoms with E-state index in [1.807, 2.05) is 24.3 Å². The number of likely N-dealkylation sites (N-methyl/N-ethyl adjacent to an activating group) is 1. The number of hydrogen-bond acceptors (Lipinski definition) is 8. The molecule has 0 atom stereocenters. The van der Waals surface area contributed by atoms with Gasteiger partial charge in [-0.05, 0) is 43.4 Å². The zero-order valence-corrected chi connectivity index (χ0v) is 26.7. The minimum Gasteiger partial charge on any atom is -0.373 e. The molecule has 0 aliphatic carbocycles. The first-order chi connectivity index (χ1) is 22.4. The van der Waals surface area contributed by atoms with Gasteiger partial charge in [-0.25, -0.2) is 4.99 Å². The third-order valence-corrected chi connectivity index (χ3v) is 9.03. The van der Waals surface area contributed by atoms with Gasteiger partial charge in [-0.3, -0.25) is 24.8 Å². The molecular weight excluding hydrogens is 620 g/mol. The highest BCUT2D eigenvalue weighted by Gasteiger charge is 2.37. The standard InChI is InChI=1S/C23H21ClN6O3.C12H10S/c1-27-8-10-28(11-9-27)14-19-23(31)29-20-7-6-15(30(32)33)12-17(20)22(25-13-21(29)26-19)16-4-2-3-5-18(16)24;1-3-7-11(8-4-1)13-12-9-5-2-6-10-12/h2-7,12,14H,8-11,13H2,1H3;1-10H/b19-14-;. The van der Waals surface area contributed by atoms with Crippen LogP contribution in [0.4, 0.5) is 11.4 Å². The molecule has 0 aromatic heterocycles. The highest BCUT2D eigenvalue weighted by Crippen LogP contribution is 2.35. The molecule has 46 heavy (non-hydrogen) atoms. The van der Waals surface area contributed by atoms with Gasteiger partial charge in [0.2, 0.25) is 0 Å². The fourth-order valence-corrected chi connectivity index (χ4v) is 6.37. The number of anilines is 1. The maximum atomic E-state index is 13.4. The Labute approximate surface area is 276 Å². The van der Waals surface area contributed by atoms with Crippen LogP contribution in [0.15, 0.2) is 135 Å². The normalized spacial score (nSPS) is 16.9. The van der Waals surface area contributed by atoms with Gasteiger partial charge in [-0.2, -0.15) is 0 Å². The molecule has 0 spiro atoms. The number of rotatable bonds is 5. The summed E-state index contributed by atoms with van der Waals surface area (Å²) in [5, 5.41) is 12.0. The van der Waals surface area contributed by atoms with Crippen LogP contribution in [0.3, 0.4) is 0 Å². The summed E-state index contributed by atoms with van der Waals surface area (Å²) in [5.74, 6) is 0.215. The van der Waals surface area contributed by atoms with E-state index in [4.69, 9.17) is 16.6 Å². The topological polar surface area (TPSA) is 94.7 Å². The molecule has 11 heteroatoms. The Hall–Kier alpha value is -4.77. The zero-order valence-electron chi connectivity index (χ0n) is 25.1. The summed E-state index contributed by atoms with van der Waals surface area (Å²) in [6.45, 7) is 3.60. The second-order valence-corrected chi connectivity index (χ2v) is 12.4. The molecule has 1 saturated heterocycles. The number of piperazine rings is 1. The molecule has 0 radical (unpaired) electrons. The van der Waals surface area contributed by atoms with Crippen molar-refractivity contribution in [1.29, 1.82) is 0 Å². The summed E-state index contributed by atoms with van der Waals surface area (Å²) < 4.78 is 0. The van der Waals surface area contributed by atoms with Crippen LogP contribution < -0.4 is 4.90 Å². The van der Waals surface area contributed by atoms with Gasteiger partial charge in [-0.15, -0.1) is 0 Å². The lowest BCUT2D eigenvalue weighted by molar-refractivity contribution is -0.384. The molecule has 0 bridgehead atoms. The number of amidine groups is 1. The highest BCUT2D eigenvalue weighted by molar-refractivity contribution is 7.99. The predicted molar refractivity (Wildman–Crippen MR) is 184 cm³/mol. The first-order valence-electron chi connectivity index (χ1n) is 14.8. The Kier molecular flexibility index (Phi) is 9.58. The van der Waals surface area contributed by atoms with Crippen LogP contribution >= 0.6 is 23.4 Å². The number of nitro groups is 1. The van der Waals surface area contributed by atoms with Gasteiger partial charge in [-0.1, -0.05) is 78.0 Å². The van der Waals surface area contributed by atoms with Gasteiger partial charge in [0.1, 0.15) is 11.5 Å². The molecule has 232 valence electrons. The van der Waals surface area contributed by atoms with E-state index in [9.17, 15) is 14.9 Å². The van der Waals surface area contributed by atoms with E-state index in [-0.39, 0.29) is 18.1 Å². The van der Waals surface area contributed by atoms with E-state index < -0.39 is 4.92 Å². The molecule has 0 unspecified atom stereocenters. The smallest absolute Gasteiger partial charge is 0.284 e. The van der Waals surface area contributed by atoms with Gasteiger partial charge in [0.05, 0.1) is 22.9 Å². The average molecular weight is 651 g/mol. The number of fused-ring (bicyclic) bond motifs is 3. The maximum Gasteiger partial charge on any atom is 0.284 e. The van der Waals surface area contributed by atoms with E-state index in [0.29, 0.717) is 39.1 Å². The van der Waals surface area contributed by atoms with Gasteiger partial charge >= 0.3 is 0 Å². The minimum absolute atomic E-state index is 0.0891. The number of halogens is 1. The summed E-state index contributed by atoms with van der Waals surface area (Å²) in [7, 11) is 2.07. The second-order valence-electron chi connectivity index (χ2n) is 10.9. The van der Waals surface area contributed by atoms with Crippen molar-refractivity contribution in [1.82, 2.24) is 9.80 Å². The van der Waals surface area contributed by atoms with Gasteiger partial charge < -0.3 is 9.80 Å².